The molecule has 1 atom stereocenters. The molecule has 0 spiro atoms. The van der Waals surface area contributed by atoms with Crippen molar-refractivity contribution in [2.24, 2.45) is 0 Å². The smallest absolute Gasteiger partial charge is 0.135 e. The fourth-order valence-electron chi connectivity index (χ4n) is 2.19. The molecule has 0 radical (unpaired) electrons. The molecule has 17 heavy (non-hydrogen) atoms. The Balaban J connectivity index is 2.30. The Labute approximate surface area is 99.5 Å². The molecule has 0 amide bonds. The summed E-state index contributed by atoms with van der Waals surface area (Å²) < 4.78 is 5.74. The monoisotopic (exact) mass is 226 g/mol. The summed E-state index contributed by atoms with van der Waals surface area (Å²) in [5.41, 5.74) is 2.72. The zero-order valence-corrected chi connectivity index (χ0v) is 9.68. The molecule has 0 saturated heterocycles. The molecule has 0 aliphatic carbocycles. The predicted molar refractivity (Wildman–Crippen MR) is 69.0 cm³/mol. The minimum Gasteiger partial charge on any atom is -0.456 e. The van der Waals surface area contributed by atoms with Gasteiger partial charge in [0, 0.05) is 10.8 Å². The molecular weight excluding hydrogens is 212 g/mol. The zero-order chi connectivity index (χ0) is 11.8. The lowest BCUT2D eigenvalue weighted by molar-refractivity contribution is 0.174. The highest BCUT2D eigenvalue weighted by molar-refractivity contribution is 6.04. The number of rotatable bonds is 2. The quantitative estimate of drug-likeness (QED) is 0.715. The van der Waals surface area contributed by atoms with Crippen LogP contribution in [-0.2, 0) is 0 Å². The van der Waals surface area contributed by atoms with Gasteiger partial charge in [0.1, 0.15) is 11.2 Å². The van der Waals surface area contributed by atoms with Gasteiger partial charge in [-0.2, -0.15) is 0 Å². The molecule has 0 unspecified atom stereocenters. The maximum atomic E-state index is 9.87. The number of furan rings is 1. The van der Waals surface area contributed by atoms with Crippen molar-refractivity contribution < 1.29 is 9.52 Å². The van der Waals surface area contributed by atoms with Crippen LogP contribution in [0.4, 0.5) is 0 Å². The average molecular weight is 226 g/mol. The molecule has 0 aliphatic heterocycles. The van der Waals surface area contributed by atoms with Crippen molar-refractivity contribution in [3.63, 3.8) is 0 Å². The average Bonchev–Trinajstić information content (AvgIpc) is 2.75. The maximum Gasteiger partial charge on any atom is 0.135 e. The third-order valence-corrected chi connectivity index (χ3v) is 3.17. The normalized spacial score (nSPS) is 13.3. The van der Waals surface area contributed by atoms with Gasteiger partial charge >= 0.3 is 0 Å². The number of para-hydroxylation sites is 1. The van der Waals surface area contributed by atoms with Gasteiger partial charge in [0.2, 0.25) is 0 Å². The number of aliphatic hydroxyl groups is 1. The van der Waals surface area contributed by atoms with E-state index >= 15 is 0 Å². The first-order valence-corrected chi connectivity index (χ1v) is 5.89. The van der Waals surface area contributed by atoms with Crippen LogP contribution in [0.3, 0.4) is 0 Å². The van der Waals surface area contributed by atoms with Gasteiger partial charge in [0.25, 0.3) is 0 Å². The summed E-state index contributed by atoms with van der Waals surface area (Å²) in [4.78, 5) is 0. The second-order valence-corrected chi connectivity index (χ2v) is 4.28. The van der Waals surface area contributed by atoms with Crippen molar-refractivity contribution in [1.29, 1.82) is 0 Å². The lowest BCUT2D eigenvalue weighted by atomic mass is 10.0. The first kappa shape index (κ1) is 10.4. The third kappa shape index (κ3) is 1.61. The van der Waals surface area contributed by atoms with Crippen LogP contribution in [0.25, 0.3) is 21.9 Å². The SMILES string of the molecule is CC[C@@H](O)c1ccc2oc3ccccc3c2c1. The lowest BCUT2D eigenvalue weighted by Crippen LogP contribution is -1.93. The fraction of sp³-hybridized carbons (Fsp3) is 0.200. The summed E-state index contributed by atoms with van der Waals surface area (Å²) in [6, 6.07) is 13.9. The topological polar surface area (TPSA) is 33.4 Å². The van der Waals surface area contributed by atoms with E-state index in [1.165, 1.54) is 0 Å². The van der Waals surface area contributed by atoms with Crippen molar-refractivity contribution in [2.75, 3.05) is 0 Å². The highest BCUT2D eigenvalue weighted by Gasteiger charge is 2.10. The number of hydrogen-bond acceptors (Lipinski definition) is 2. The summed E-state index contributed by atoms with van der Waals surface area (Å²) in [7, 11) is 0. The molecule has 0 bridgehead atoms. The van der Waals surface area contributed by atoms with Crippen LogP contribution in [0.15, 0.2) is 46.9 Å². The number of fused-ring (bicyclic) bond motifs is 3. The Hall–Kier alpha value is -1.80. The molecule has 3 rings (SSSR count). The van der Waals surface area contributed by atoms with E-state index in [1.807, 2.05) is 49.4 Å². The van der Waals surface area contributed by atoms with Crippen molar-refractivity contribution in [3.05, 3.63) is 48.0 Å². The second kappa shape index (κ2) is 3.90. The van der Waals surface area contributed by atoms with Crippen LogP contribution in [0.2, 0.25) is 0 Å². The summed E-state index contributed by atoms with van der Waals surface area (Å²) in [6.45, 7) is 1.97. The van der Waals surface area contributed by atoms with E-state index in [-0.39, 0.29) is 0 Å². The van der Waals surface area contributed by atoms with E-state index in [0.717, 1.165) is 33.9 Å². The van der Waals surface area contributed by atoms with Gasteiger partial charge in [-0.3, -0.25) is 0 Å². The minimum absolute atomic E-state index is 0.395. The third-order valence-electron chi connectivity index (χ3n) is 3.17. The lowest BCUT2D eigenvalue weighted by Gasteiger charge is -2.07. The van der Waals surface area contributed by atoms with Crippen LogP contribution in [0.1, 0.15) is 25.0 Å². The number of hydrogen-bond donors (Lipinski definition) is 1. The van der Waals surface area contributed by atoms with Gasteiger partial charge in [-0.25, -0.2) is 0 Å². The van der Waals surface area contributed by atoms with Crippen LogP contribution in [0, 0.1) is 0 Å². The van der Waals surface area contributed by atoms with Crippen LogP contribution in [0.5, 0.6) is 0 Å². The van der Waals surface area contributed by atoms with E-state index in [0.29, 0.717) is 0 Å². The van der Waals surface area contributed by atoms with Gasteiger partial charge in [0.15, 0.2) is 0 Å². The Bertz CT molecular complexity index is 667. The van der Waals surface area contributed by atoms with Gasteiger partial charge < -0.3 is 9.52 Å². The molecule has 2 aromatic carbocycles. The molecule has 2 heteroatoms. The van der Waals surface area contributed by atoms with Crippen molar-refractivity contribution in [1.82, 2.24) is 0 Å². The first-order valence-electron chi connectivity index (χ1n) is 5.89. The second-order valence-electron chi connectivity index (χ2n) is 4.28. The number of benzene rings is 2. The zero-order valence-electron chi connectivity index (χ0n) is 9.68. The summed E-state index contributed by atoms with van der Waals surface area (Å²) in [5, 5.41) is 12.0. The molecule has 0 saturated carbocycles. The van der Waals surface area contributed by atoms with Crippen molar-refractivity contribution >= 4 is 21.9 Å². The molecule has 1 heterocycles. The van der Waals surface area contributed by atoms with E-state index in [9.17, 15) is 5.11 Å². The largest absolute Gasteiger partial charge is 0.456 e. The molecule has 0 fully saturated rings. The van der Waals surface area contributed by atoms with Crippen LogP contribution in [-0.4, -0.2) is 5.11 Å². The molecule has 86 valence electrons. The molecule has 3 aromatic rings. The van der Waals surface area contributed by atoms with Gasteiger partial charge in [-0.05, 0) is 30.2 Å². The van der Waals surface area contributed by atoms with Gasteiger partial charge in [-0.1, -0.05) is 31.2 Å². The van der Waals surface area contributed by atoms with E-state index in [2.05, 4.69) is 0 Å². The standard InChI is InChI=1S/C15H14O2/c1-2-13(16)10-7-8-15-12(9-10)11-5-3-4-6-14(11)17-15/h3-9,13,16H,2H2,1H3/t13-/m1/s1. The Morgan fingerprint density at radius 2 is 1.82 bits per heavy atom. The minimum atomic E-state index is -0.395. The first-order chi connectivity index (χ1) is 8.29. The Kier molecular flexibility index (Phi) is 2.37. The highest BCUT2D eigenvalue weighted by Crippen LogP contribution is 2.30. The predicted octanol–water partition coefficient (Wildman–Crippen LogP) is 4.03. The fourth-order valence-corrected chi connectivity index (χ4v) is 2.19. The molecule has 2 nitrogen and oxygen atoms in total. The summed E-state index contributed by atoms with van der Waals surface area (Å²) in [5.74, 6) is 0. The van der Waals surface area contributed by atoms with Crippen molar-refractivity contribution in [2.45, 2.75) is 19.4 Å². The van der Waals surface area contributed by atoms with E-state index in [1.54, 1.807) is 0 Å². The Morgan fingerprint density at radius 3 is 2.65 bits per heavy atom. The molecular formula is C15H14O2. The summed E-state index contributed by atoms with van der Waals surface area (Å²) in [6.07, 6.45) is 0.328. The van der Waals surface area contributed by atoms with E-state index < -0.39 is 6.10 Å². The highest BCUT2D eigenvalue weighted by atomic mass is 16.3. The maximum absolute atomic E-state index is 9.87. The molecule has 1 N–H and O–H groups in total. The van der Waals surface area contributed by atoms with Gasteiger partial charge in [-0.15, -0.1) is 0 Å². The van der Waals surface area contributed by atoms with Crippen LogP contribution < -0.4 is 0 Å². The summed E-state index contributed by atoms with van der Waals surface area (Å²) >= 11 is 0. The van der Waals surface area contributed by atoms with Crippen LogP contribution >= 0.6 is 0 Å². The van der Waals surface area contributed by atoms with Gasteiger partial charge in [0.05, 0.1) is 6.10 Å². The van der Waals surface area contributed by atoms with Crippen molar-refractivity contribution in [3.8, 4) is 0 Å². The molecule has 0 aliphatic rings. The molecule has 1 aromatic heterocycles. The Morgan fingerprint density at radius 1 is 1.06 bits per heavy atom. The number of aliphatic hydroxyl groups excluding tert-OH is 1. The van der Waals surface area contributed by atoms with E-state index in [4.69, 9.17) is 4.42 Å².